The predicted octanol–water partition coefficient (Wildman–Crippen LogP) is 2.89. The van der Waals surface area contributed by atoms with Crippen LogP contribution >= 0.6 is 0 Å². The zero-order valence-electron chi connectivity index (χ0n) is 14.2. The second kappa shape index (κ2) is 7.94. The molecule has 1 aliphatic rings. The van der Waals surface area contributed by atoms with E-state index in [9.17, 15) is 23.2 Å². The van der Waals surface area contributed by atoms with Crippen LogP contribution < -0.4 is 10.2 Å². The summed E-state index contributed by atoms with van der Waals surface area (Å²) in [6, 6.07) is 8.87. The molecule has 2 aromatic rings. The van der Waals surface area contributed by atoms with Crippen LogP contribution in [0.1, 0.15) is 23.2 Å². The van der Waals surface area contributed by atoms with E-state index in [-0.39, 0.29) is 17.2 Å². The summed E-state index contributed by atoms with van der Waals surface area (Å²) in [5.41, 5.74) is 0.555. The molecular weight excluding hydrogens is 358 g/mol. The molecule has 2 aromatic carbocycles. The van der Waals surface area contributed by atoms with E-state index >= 15 is 0 Å². The summed E-state index contributed by atoms with van der Waals surface area (Å²) in [6.07, 6.45) is 1.30. The van der Waals surface area contributed by atoms with Crippen LogP contribution in [0, 0.1) is 11.6 Å². The SMILES string of the molecule is O=C(COC(=O)c1ccc(N2CCCC2=O)cc1)Nc1cc(F)ccc1F. The number of hydrogen-bond donors (Lipinski definition) is 1. The van der Waals surface area contributed by atoms with Crippen molar-refractivity contribution in [1.29, 1.82) is 0 Å². The molecule has 8 heteroatoms. The van der Waals surface area contributed by atoms with Crippen molar-refractivity contribution < 1.29 is 27.9 Å². The first-order valence-electron chi connectivity index (χ1n) is 8.26. The number of nitrogens with zero attached hydrogens (tertiary/aromatic N) is 1. The highest BCUT2D eigenvalue weighted by Gasteiger charge is 2.22. The molecule has 27 heavy (non-hydrogen) atoms. The van der Waals surface area contributed by atoms with Crippen LogP contribution in [0.2, 0.25) is 0 Å². The molecule has 1 heterocycles. The van der Waals surface area contributed by atoms with Crippen LogP contribution in [0.4, 0.5) is 20.2 Å². The number of amides is 2. The van der Waals surface area contributed by atoms with Crippen molar-refractivity contribution in [2.24, 2.45) is 0 Å². The van der Waals surface area contributed by atoms with Crippen LogP contribution in [0.25, 0.3) is 0 Å². The molecule has 3 rings (SSSR count). The summed E-state index contributed by atoms with van der Waals surface area (Å²) in [5, 5.41) is 2.13. The Balaban J connectivity index is 1.55. The monoisotopic (exact) mass is 374 g/mol. The van der Waals surface area contributed by atoms with Gasteiger partial charge in [0.2, 0.25) is 5.91 Å². The maximum absolute atomic E-state index is 13.5. The van der Waals surface area contributed by atoms with Gasteiger partial charge in [0.05, 0.1) is 11.3 Å². The Morgan fingerprint density at radius 2 is 1.85 bits per heavy atom. The van der Waals surface area contributed by atoms with E-state index in [1.165, 1.54) is 12.1 Å². The van der Waals surface area contributed by atoms with E-state index in [1.54, 1.807) is 17.0 Å². The Kier molecular flexibility index (Phi) is 5.44. The maximum Gasteiger partial charge on any atom is 0.338 e. The molecule has 0 unspecified atom stereocenters. The van der Waals surface area contributed by atoms with E-state index in [1.807, 2.05) is 0 Å². The van der Waals surface area contributed by atoms with Gasteiger partial charge in [-0.2, -0.15) is 0 Å². The van der Waals surface area contributed by atoms with Gasteiger partial charge in [0.25, 0.3) is 5.91 Å². The van der Waals surface area contributed by atoms with Crippen LogP contribution in [0.15, 0.2) is 42.5 Å². The Labute approximate surface area is 153 Å². The number of ether oxygens (including phenoxy) is 1. The molecule has 1 fully saturated rings. The van der Waals surface area contributed by atoms with Gasteiger partial charge >= 0.3 is 5.97 Å². The summed E-state index contributed by atoms with van der Waals surface area (Å²) >= 11 is 0. The molecule has 6 nitrogen and oxygen atoms in total. The normalized spacial score (nSPS) is 13.6. The van der Waals surface area contributed by atoms with Crippen molar-refractivity contribution in [3.8, 4) is 0 Å². The number of carbonyl (C=O) groups is 3. The third-order valence-electron chi connectivity index (χ3n) is 4.02. The van der Waals surface area contributed by atoms with Gasteiger partial charge in [0.15, 0.2) is 6.61 Å². The number of rotatable bonds is 5. The first kappa shape index (κ1) is 18.5. The second-order valence-corrected chi connectivity index (χ2v) is 5.94. The molecule has 0 radical (unpaired) electrons. The van der Waals surface area contributed by atoms with E-state index < -0.39 is 30.1 Å². The fraction of sp³-hybridized carbons (Fsp3) is 0.211. The predicted molar refractivity (Wildman–Crippen MR) is 93.3 cm³/mol. The highest BCUT2D eigenvalue weighted by atomic mass is 19.1. The Morgan fingerprint density at radius 3 is 2.52 bits per heavy atom. The van der Waals surface area contributed by atoms with Crippen molar-refractivity contribution in [2.45, 2.75) is 12.8 Å². The number of esters is 1. The van der Waals surface area contributed by atoms with Gasteiger partial charge in [-0.3, -0.25) is 9.59 Å². The molecule has 0 atom stereocenters. The molecule has 0 aliphatic carbocycles. The molecule has 0 aromatic heterocycles. The van der Waals surface area contributed by atoms with Gasteiger partial charge < -0.3 is 15.0 Å². The number of hydrogen-bond acceptors (Lipinski definition) is 4. The molecule has 0 saturated carbocycles. The lowest BCUT2D eigenvalue weighted by atomic mass is 10.2. The fourth-order valence-electron chi connectivity index (χ4n) is 2.69. The van der Waals surface area contributed by atoms with Crippen molar-refractivity contribution in [3.63, 3.8) is 0 Å². The van der Waals surface area contributed by atoms with Crippen molar-refractivity contribution in [3.05, 3.63) is 59.7 Å². The first-order chi connectivity index (χ1) is 12.9. The lowest BCUT2D eigenvalue weighted by Crippen LogP contribution is -2.24. The Bertz CT molecular complexity index is 884. The minimum Gasteiger partial charge on any atom is -0.452 e. The van der Waals surface area contributed by atoms with Crippen molar-refractivity contribution in [2.75, 3.05) is 23.4 Å². The standard InChI is InChI=1S/C19H16F2N2O4/c20-13-5-8-15(21)16(10-13)22-17(24)11-27-19(26)12-3-6-14(7-4-12)23-9-1-2-18(23)25/h3-8,10H,1-2,9,11H2,(H,22,24). The molecular formula is C19H16F2N2O4. The topological polar surface area (TPSA) is 75.7 Å². The van der Waals surface area contributed by atoms with Gasteiger partial charge in [0.1, 0.15) is 11.6 Å². The summed E-state index contributed by atoms with van der Waals surface area (Å²) in [5.74, 6) is -3.02. The quantitative estimate of drug-likeness (QED) is 0.817. The summed E-state index contributed by atoms with van der Waals surface area (Å²) < 4.78 is 31.4. The largest absolute Gasteiger partial charge is 0.452 e. The van der Waals surface area contributed by atoms with E-state index in [0.29, 0.717) is 18.7 Å². The Morgan fingerprint density at radius 1 is 1.11 bits per heavy atom. The van der Waals surface area contributed by atoms with Gasteiger partial charge in [-0.25, -0.2) is 13.6 Å². The lowest BCUT2D eigenvalue weighted by Gasteiger charge is -2.15. The molecule has 1 N–H and O–H groups in total. The van der Waals surface area contributed by atoms with E-state index in [2.05, 4.69) is 5.32 Å². The highest BCUT2D eigenvalue weighted by molar-refractivity contribution is 5.97. The van der Waals surface area contributed by atoms with Crippen molar-refractivity contribution in [1.82, 2.24) is 0 Å². The second-order valence-electron chi connectivity index (χ2n) is 5.94. The number of nitrogens with one attached hydrogen (secondary N) is 1. The smallest absolute Gasteiger partial charge is 0.338 e. The fourth-order valence-corrected chi connectivity index (χ4v) is 2.69. The van der Waals surface area contributed by atoms with E-state index in [0.717, 1.165) is 24.6 Å². The zero-order valence-corrected chi connectivity index (χ0v) is 14.2. The van der Waals surface area contributed by atoms with Crippen LogP contribution in [0.3, 0.4) is 0 Å². The van der Waals surface area contributed by atoms with Crippen LogP contribution in [0.5, 0.6) is 0 Å². The van der Waals surface area contributed by atoms with Gasteiger partial charge in [0, 0.05) is 24.7 Å². The third kappa shape index (κ3) is 4.46. The third-order valence-corrected chi connectivity index (χ3v) is 4.02. The van der Waals surface area contributed by atoms with Gasteiger partial charge in [-0.1, -0.05) is 0 Å². The molecule has 140 valence electrons. The molecule has 1 saturated heterocycles. The number of carbonyl (C=O) groups excluding carboxylic acids is 3. The molecule has 0 bridgehead atoms. The minimum absolute atomic E-state index is 0.0339. The number of halogens is 2. The number of anilines is 2. The van der Waals surface area contributed by atoms with Gasteiger partial charge in [-0.05, 0) is 42.8 Å². The molecule has 2 amide bonds. The van der Waals surface area contributed by atoms with Crippen molar-refractivity contribution >= 4 is 29.2 Å². The minimum atomic E-state index is -0.803. The average molecular weight is 374 g/mol. The van der Waals surface area contributed by atoms with Crippen LogP contribution in [-0.4, -0.2) is 30.9 Å². The number of benzene rings is 2. The zero-order chi connectivity index (χ0) is 19.4. The van der Waals surface area contributed by atoms with E-state index in [4.69, 9.17) is 4.74 Å². The van der Waals surface area contributed by atoms with Crippen LogP contribution in [-0.2, 0) is 14.3 Å². The summed E-state index contributed by atoms with van der Waals surface area (Å²) in [6.45, 7) is -0.0133. The molecule has 0 spiro atoms. The lowest BCUT2D eigenvalue weighted by molar-refractivity contribution is -0.119. The molecule has 1 aliphatic heterocycles. The summed E-state index contributed by atoms with van der Waals surface area (Å²) in [4.78, 5) is 37.1. The summed E-state index contributed by atoms with van der Waals surface area (Å²) in [7, 11) is 0. The average Bonchev–Trinajstić information content (AvgIpc) is 3.09. The maximum atomic E-state index is 13.5. The van der Waals surface area contributed by atoms with Gasteiger partial charge in [-0.15, -0.1) is 0 Å². The highest BCUT2D eigenvalue weighted by Crippen LogP contribution is 2.22. The first-order valence-corrected chi connectivity index (χ1v) is 8.26. The Hall–Kier alpha value is -3.29.